The lowest BCUT2D eigenvalue weighted by Crippen LogP contribution is -2.31. The maximum Gasteiger partial charge on any atom is 0.257 e. The second-order valence-corrected chi connectivity index (χ2v) is 10.7. The number of nitrogens with one attached hydrogen (secondary N) is 3. The monoisotopic (exact) mass is 505 g/mol. The third-order valence-electron chi connectivity index (χ3n) is 6.12. The molecule has 0 saturated heterocycles. The number of amides is 1. The van der Waals surface area contributed by atoms with Crippen molar-refractivity contribution in [1.29, 1.82) is 0 Å². The van der Waals surface area contributed by atoms with Crippen LogP contribution in [0.5, 0.6) is 0 Å². The first-order chi connectivity index (χ1) is 16.2. The second-order valence-electron chi connectivity index (χ2n) is 8.52. The Labute approximate surface area is 201 Å². The molecule has 180 valence electrons. The minimum Gasteiger partial charge on any atom is -0.358 e. The zero-order valence-electron chi connectivity index (χ0n) is 18.4. The SMILES string of the molecule is O=C(NCc1ccc(Cl)cc1)c1c[nH]c2c(F)cc(S(=O)(=O)NCC3CCCCC3)cc2c1=O. The van der Waals surface area contributed by atoms with Gasteiger partial charge in [0.05, 0.1) is 15.8 Å². The summed E-state index contributed by atoms with van der Waals surface area (Å²) < 4.78 is 42.9. The summed E-state index contributed by atoms with van der Waals surface area (Å²) >= 11 is 5.85. The van der Waals surface area contributed by atoms with Crippen LogP contribution in [0.1, 0.15) is 48.0 Å². The topological polar surface area (TPSA) is 108 Å². The molecule has 0 aliphatic heterocycles. The van der Waals surface area contributed by atoms with Crippen LogP contribution < -0.4 is 15.5 Å². The van der Waals surface area contributed by atoms with Crippen molar-refractivity contribution >= 4 is 38.4 Å². The van der Waals surface area contributed by atoms with E-state index in [9.17, 15) is 22.4 Å². The van der Waals surface area contributed by atoms with Gasteiger partial charge in [0.15, 0.2) is 0 Å². The van der Waals surface area contributed by atoms with Gasteiger partial charge in [0.25, 0.3) is 5.91 Å². The average molecular weight is 506 g/mol. The van der Waals surface area contributed by atoms with E-state index in [-0.39, 0.29) is 40.4 Å². The minimum absolute atomic E-state index is 0.154. The molecule has 1 aliphatic carbocycles. The van der Waals surface area contributed by atoms with E-state index in [4.69, 9.17) is 11.6 Å². The fourth-order valence-electron chi connectivity index (χ4n) is 4.17. The van der Waals surface area contributed by atoms with Crippen molar-refractivity contribution in [3.05, 3.63) is 74.8 Å². The van der Waals surface area contributed by atoms with E-state index in [1.54, 1.807) is 24.3 Å². The molecule has 2 aromatic carbocycles. The van der Waals surface area contributed by atoms with Crippen molar-refractivity contribution in [2.24, 2.45) is 5.92 Å². The Morgan fingerprint density at radius 2 is 1.82 bits per heavy atom. The summed E-state index contributed by atoms with van der Waals surface area (Å²) in [4.78, 5) is 27.9. The predicted octanol–water partition coefficient (Wildman–Crippen LogP) is 4.11. The molecular formula is C24H25ClFN3O4S. The van der Waals surface area contributed by atoms with Gasteiger partial charge in [-0.2, -0.15) is 0 Å². The summed E-state index contributed by atoms with van der Waals surface area (Å²) in [5.41, 5.74) is -0.389. The van der Waals surface area contributed by atoms with E-state index in [0.717, 1.165) is 56.0 Å². The predicted molar refractivity (Wildman–Crippen MR) is 129 cm³/mol. The van der Waals surface area contributed by atoms with Crippen LogP contribution in [0.3, 0.4) is 0 Å². The third-order valence-corrected chi connectivity index (χ3v) is 7.78. The van der Waals surface area contributed by atoms with Gasteiger partial charge in [-0.1, -0.05) is 43.0 Å². The van der Waals surface area contributed by atoms with Gasteiger partial charge < -0.3 is 10.3 Å². The number of carbonyl (C=O) groups is 1. The van der Waals surface area contributed by atoms with E-state index in [1.165, 1.54) is 0 Å². The van der Waals surface area contributed by atoms with Crippen LogP contribution in [0.2, 0.25) is 5.02 Å². The number of hydrogen-bond acceptors (Lipinski definition) is 4. The van der Waals surface area contributed by atoms with Crippen molar-refractivity contribution in [3.8, 4) is 0 Å². The fraction of sp³-hybridized carbons (Fsp3) is 0.333. The molecule has 3 N–H and O–H groups in total. The molecular weight excluding hydrogens is 481 g/mol. The number of carbonyl (C=O) groups excluding carboxylic acids is 1. The van der Waals surface area contributed by atoms with Crippen LogP contribution in [-0.2, 0) is 16.6 Å². The Morgan fingerprint density at radius 1 is 1.12 bits per heavy atom. The molecule has 0 atom stereocenters. The quantitative estimate of drug-likeness (QED) is 0.449. The highest BCUT2D eigenvalue weighted by Crippen LogP contribution is 2.24. The van der Waals surface area contributed by atoms with Gasteiger partial charge in [0, 0.05) is 24.3 Å². The summed E-state index contributed by atoms with van der Waals surface area (Å²) in [7, 11) is -4.03. The number of rotatable bonds is 7. The average Bonchev–Trinajstić information content (AvgIpc) is 2.83. The molecule has 1 amide bonds. The van der Waals surface area contributed by atoms with E-state index in [2.05, 4.69) is 15.0 Å². The van der Waals surface area contributed by atoms with E-state index in [1.807, 2.05) is 0 Å². The molecule has 3 aromatic rings. The van der Waals surface area contributed by atoms with E-state index in [0.29, 0.717) is 5.02 Å². The first-order valence-corrected chi connectivity index (χ1v) is 13.0. The summed E-state index contributed by atoms with van der Waals surface area (Å²) in [5.74, 6) is -1.31. The smallest absolute Gasteiger partial charge is 0.257 e. The van der Waals surface area contributed by atoms with Crippen LogP contribution >= 0.6 is 11.6 Å². The van der Waals surface area contributed by atoms with Gasteiger partial charge in [0.2, 0.25) is 15.5 Å². The van der Waals surface area contributed by atoms with Crippen LogP contribution in [0.15, 0.2) is 52.3 Å². The molecule has 0 spiro atoms. The number of H-pyrrole nitrogens is 1. The number of hydrogen-bond donors (Lipinski definition) is 3. The highest BCUT2D eigenvalue weighted by atomic mass is 35.5. The number of aromatic amines is 1. The Hall–Kier alpha value is -2.75. The van der Waals surface area contributed by atoms with Crippen molar-refractivity contribution in [1.82, 2.24) is 15.0 Å². The molecule has 1 fully saturated rings. The van der Waals surface area contributed by atoms with Crippen LogP contribution in [0, 0.1) is 11.7 Å². The van der Waals surface area contributed by atoms with Gasteiger partial charge in [-0.15, -0.1) is 0 Å². The van der Waals surface area contributed by atoms with Gasteiger partial charge in [-0.3, -0.25) is 9.59 Å². The van der Waals surface area contributed by atoms with Crippen LogP contribution in [-0.4, -0.2) is 25.9 Å². The molecule has 34 heavy (non-hydrogen) atoms. The maximum atomic E-state index is 14.7. The van der Waals surface area contributed by atoms with Crippen molar-refractivity contribution < 1.29 is 17.6 Å². The molecule has 1 heterocycles. The van der Waals surface area contributed by atoms with Gasteiger partial charge in [0.1, 0.15) is 11.4 Å². The zero-order chi connectivity index (χ0) is 24.3. The Balaban J connectivity index is 1.57. The van der Waals surface area contributed by atoms with Crippen molar-refractivity contribution in [2.45, 2.75) is 43.5 Å². The summed E-state index contributed by atoms with van der Waals surface area (Å²) in [6, 6.07) is 8.82. The molecule has 0 unspecified atom stereocenters. The Morgan fingerprint density at radius 3 is 2.53 bits per heavy atom. The molecule has 10 heteroatoms. The minimum atomic E-state index is -4.03. The molecule has 4 rings (SSSR count). The highest BCUT2D eigenvalue weighted by Gasteiger charge is 2.22. The summed E-state index contributed by atoms with van der Waals surface area (Å²) in [6.07, 6.45) is 6.30. The number of pyridine rings is 1. The van der Waals surface area contributed by atoms with Gasteiger partial charge in [-0.25, -0.2) is 17.5 Å². The third kappa shape index (κ3) is 5.48. The number of sulfonamides is 1. The highest BCUT2D eigenvalue weighted by molar-refractivity contribution is 7.89. The first-order valence-electron chi connectivity index (χ1n) is 11.1. The lowest BCUT2D eigenvalue weighted by atomic mass is 9.90. The molecule has 1 saturated carbocycles. The van der Waals surface area contributed by atoms with Gasteiger partial charge in [-0.05, 0) is 48.6 Å². The molecule has 1 aliphatic rings. The molecule has 7 nitrogen and oxygen atoms in total. The summed E-state index contributed by atoms with van der Waals surface area (Å²) in [5, 5.41) is 2.98. The van der Waals surface area contributed by atoms with Crippen LogP contribution in [0.4, 0.5) is 4.39 Å². The molecule has 0 radical (unpaired) electrons. The number of fused-ring (bicyclic) bond motifs is 1. The largest absolute Gasteiger partial charge is 0.358 e. The van der Waals surface area contributed by atoms with E-state index < -0.39 is 27.2 Å². The normalized spacial score (nSPS) is 14.9. The molecule has 1 aromatic heterocycles. The number of aromatic nitrogens is 1. The maximum absolute atomic E-state index is 14.7. The van der Waals surface area contributed by atoms with Crippen LogP contribution in [0.25, 0.3) is 10.9 Å². The van der Waals surface area contributed by atoms with Crippen molar-refractivity contribution in [3.63, 3.8) is 0 Å². The molecule has 0 bridgehead atoms. The lowest BCUT2D eigenvalue weighted by Gasteiger charge is -2.21. The zero-order valence-corrected chi connectivity index (χ0v) is 19.9. The Bertz CT molecular complexity index is 1370. The number of halogens is 2. The van der Waals surface area contributed by atoms with E-state index >= 15 is 0 Å². The first kappa shape index (κ1) is 24.4. The van der Waals surface area contributed by atoms with Crippen molar-refractivity contribution in [2.75, 3.05) is 6.54 Å². The fourth-order valence-corrected chi connectivity index (χ4v) is 5.45. The Kier molecular flexibility index (Phi) is 7.35. The number of benzene rings is 2. The standard InChI is InChI=1S/C24H25ClFN3O4S/c25-17-8-6-16(7-9-17)12-28-24(31)20-14-27-22-19(23(20)30)10-18(11-21(22)26)34(32,33)29-13-15-4-2-1-3-5-15/h6-11,14-15,29H,1-5,12-13H2,(H,27,30)(H,28,31). The second kappa shape index (κ2) is 10.2. The van der Waals surface area contributed by atoms with Gasteiger partial charge >= 0.3 is 0 Å². The lowest BCUT2D eigenvalue weighted by molar-refractivity contribution is 0.0949. The summed E-state index contributed by atoms with van der Waals surface area (Å²) in [6.45, 7) is 0.423.